The van der Waals surface area contributed by atoms with Crippen LogP contribution in [0.1, 0.15) is 5.56 Å². The van der Waals surface area contributed by atoms with Gasteiger partial charge in [0.25, 0.3) is 11.8 Å². The number of carbonyl (C=O) groups is 2. The molecule has 8 heteroatoms. The van der Waals surface area contributed by atoms with Crippen molar-refractivity contribution in [2.75, 3.05) is 0 Å². The second-order valence-corrected chi connectivity index (χ2v) is 4.23. The molecule has 1 aromatic rings. The molecule has 0 spiro atoms. The minimum absolute atomic E-state index is 0.00287. The quantitative estimate of drug-likeness (QED) is 0.482. The minimum atomic E-state index is -0.776. The molecule has 0 fully saturated rings. The maximum atomic E-state index is 11.5. The van der Waals surface area contributed by atoms with Gasteiger partial charge in [0.05, 0.1) is 15.0 Å². The fourth-order valence-electron chi connectivity index (χ4n) is 1.52. The van der Waals surface area contributed by atoms with E-state index in [1.165, 1.54) is 6.07 Å². The number of benzene rings is 1. The monoisotopic (exact) mass is 312 g/mol. The summed E-state index contributed by atoms with van der Waals surface area (Å²) in [5, 5.41) is 22.0. The minimum Gasteiger partial charge on any atom is -0.502 e. The number of nitrogens with zero attached hydrogens (tertiary/aromatic N) is 1. The van der Waals surface area contributed by atoms with Gasteiger partial charge in [0, 0.05) is 6.07 Å². The van der Waals surface area contributed by atoms with Crippen LogP contribution in [0.25, 0.3) is 5.57 Å². The SMILES string of the molecule is O=C1NC(=O)C(c2ccc(O)c([N+](=O)[O-])c2)=C1Br. The summed E-state index contributed by atoms with van der Waals surface area (Å²) in [6.07, 6.45) is 0. The molecule has 0 bridgehead atoms. The average Bonchev–Trinajstić information content (AvgIpc) is 2.54. The van der Waals surface area contributed by atoms with Gasteiger partial charge in [0.1, 0.15) is 0 Å². The van der Waals surface area contributed by atoms with Crippen molar-refractivity contribution in [1.29, 1.82) is 0 Å². The van der Waals surface area contributed by atoms with E-state index in [1.807, 2.05) is 5.32 Å². The van der Waals surface area contributed by atoms with Crippen molar-refractivity contribution in [2.45, 2.75) is 0 Å². The predicted octanol–water partition coefficient (Wildman–Crippen LogP) is 1.06. The number of nitro groups is 1. The summed E-state index contributed by atoms with van der Waals surface area (Å²) in [4.78, 5) is 32.6. The third kappa shape index (κ3) is 1.86. The number of hydrogen-bond donors (Lipinski definition) is 2. The van der Waals surface area contributed by atoms with Crippen LogP contribution in [-0.4, -0.2) is 21.8 Å². The van der Waals surface area contributed by atoms with Gasteiger partial charge in [-0.25, -0.2) is 0 Å². The Labute approximate surface area is 108 Å². The summed E-state index contributed by atoms with van der Waals surface area (Å²) < 4.78 is 0.00693. The van der Waals surface area contributed by atoms with E-state index in [0.29, 0.717) is 0 Å². The molecule has 1 aliphatic rings. The van der Waals surface area contributed by atoms with Crippen LogP contribution < -0.4 is 5.32 Å². The lowest BCUT2D eigenvalue weighted by Gasteiger charge is -2.02. The molecule has 0 unspecified atom stereocenters. The van der Waals surface area contributed by atoms with Crippen molar-refractivity contribution in [3.8, 4) is 5.75 Å². The number of hydrogen-bond acceptors (Lipinski definition) is 5. The number of phenolic OH excluding ortho intramolecular Hbond substituents is 1. The van der Waals surface area contributed by atoms with Gasteiger partial charge >= 0.3 is 5.69 Å². The number of nitro benzene ring substituents is 1. The van der Waals surface area contributed by atoms with Crippen LogP contribution in [-0.2, 0) is 9.59 Å². The van der Waals surface area contributed by atoms with Gasteiger partial charge in [-0.2, -0.15) is 0 Å². The van der Waals surface area contributed by atoms with Gasteiger partial charge in [-0.05, 0) is 33.6 Å². The highest BCUT2D eigenvalue weighted by atomic mass is 79.9. The first kappa shape index (κ1) is 12.2. The van der Waals surface area contributed by atoms with Crippen LogP contribution in [0.15, 0.2) is 22.7 Å². The van der Waals surface area contributed by atoms with Crippen LogP contribution in [0.3, 0.4) is 0 Å². The van der Waals surface area contributed by atoms with E-state index >= 15 is 0 Å². The molecule has 0 atom stereocenters. The normalized spacial score (nSPS) is 14.9. The van der Waals surface area contributed by atoms with Crippen molar-refractivity contribution in [3.05, 3.63) is 38.4 Å². The van der Waals surface area contributed by atoms with Crippen LogP contribution in [0.2, 0.25) is 0 Å². The lowest BCUT2D eigenvalue weighted by Crippen LogP contribution is -2.22. The van der Waals surface area contributed by atoms with Crippen molar-refractivity contribution in [3.63, 3.8) is 0 Å². The summed E-state index contributed by atoms with van der Waals surface area (Å²) in [5.74, 6) is -1.76. The molecule has 1 aliphatic heterocycles. The highest BCUT2D eigenvalue weighted by molar-refractivity contribution is 9.12. The van der Waals surface area contributed by atoms with Gasteiger partial charge in [-0.1, -0.05) is 0 Å². The van der Waals surface area contributed by atoms with Gasteiger partial charge in [-0.15, -0.1) is 0 Å². The van der Waals surface area contributed by atoms with E-state index in [0.717, 1.165) is 12.1 Å². The van der Waals surface area contributed by atoms with Crippen LogP contribution in [0.5, 0.6) is 5.75 Å². The summed E-state index contributed by atoms with van der Waals surface area (Å²) in [6.45, 7) is 0. The molecule has 2 amide bonds. The molecule has 0 saturated carbocycles. The van der Waals surface area contributed by atoms with E-state index in [4.69, 9.17) is 0 Å². The lowest BCUT2D eigenvalue weighted by atomic mass is 10.1. The summed E-state index contributed by atoms with van der Waals surface area (Å²) in [5.41, 5.74) is -0.356. The lowest BCUT2D eigenvalue weighted by molar-refractivity contribution is -0.385. The number of amides is 2. The number of halogens is 1. The van der Waals surface area contributed by atoms with Crippen molar-refractivity contribution >= 4 is 39.0 Å². The maximum absolute atomic E-state index is 11.5. The summed E-state index contributed by atoms with van der Waals surface area (Å²) >= 11 is 2.94. The number of carbonyl (C=O) groups excluding carboxylic acids is 2. The third-order valence-corrected chi connectivity index (χ3v) is 3.09. The summed E-state index contributed by atoms with van der Waals surface area (Å²) in [7, 11) is 0. The standard InChI is InChI=1S/C10H5BrN2O5/c11-8-7(9(15)12-10(8)16)4-1-2-6(14)5(3-4)13(17)18/h1-3,14H,(H,12,15,16). The first-order valence-corrected chi connectivity index (χ1v) is 5.44. The fourth-order valence-corrected chi connectivity index (χ4v) is 2.02. The van der Waals surface area contributed by atoms with E-state index in [-0.39, 0.29) is 15.6 Å². The molecule has 2 N–H and O–H groups in total. The van der Waals surface area contributed by atoms with Crippen molar-refractivity contribution in [1.82, 2.24) is 5.32 Å². The Bertz CT molecular complexity index is 623. The van der Waals surface area contributed by atoms with Gasteiger partial charge in [0.2, 0.25) is 0 Å². The Morgan fingerprint density at radius 3 is 2.44 bits per heavy atom. The molecule has 0 aromatic heterocycles. The van der Waals surface area contributed by atoms with Crippen molar-refractivity contribution in [2.24, 2.45) is 0 Å². The second kappa shape index (κ2) is 4.22. The molecule has 1 heterocycles. The number of rotatable bonds is 2. The largest absolute Gasteiger partial charge is 0.502 e. The molecule has 0 saturated heterocycles. The Morgan fingerprint density at radius 2 is 1.94 bits per heavy atom. The van der Waals surface area contributed by atoms with E-state index in [2.05, 4.69) is 15.9 Å². The fraction of sp³-hybridized carbons (Fsp3) is 0. The van der Waals surface area contributed by atoms with Crippen LogP contribution in [0.4, 0.5) is 5.69 Å². The van der Waals surface area contributed by atoms with Crippen molar-refractivity contribution < 1.29 is 19.6 Å². The van der Waals surface area contributed by atoms with E-state index in [1.54, 1.807) is 0 Å². The molecule has 2 rings (SSSR count). The van der Waals surface area contributed by atoms with E-state index in [9.17, 15) is 24.8 Å². The molecule has 0 radical (unpaired) electrons. The van der Waals surface area contributed by atoms with Crippen LogP contribution in [0, 0.1) is 10.1 Å². The second-order valence-electron chi connectivity index (χ2n) is 3.43. The van der Waals surface area contributed by atoms with Gasteiger partial charge in [-0.3, -0.25) is 25.0 Å². The third-order valence-electron chi connectivity index (χ3n) is 2.33. The zero-order chi connectivity index (χ0) is 13.4. The first-order valence-electron chi connectivity index (χ1n) is 4.65. The predicted molar refractivity (Wildman–Crippen MR) is 63.8 cm³/mol. The molecule has 7 nitrogen and oxygen atoms in total. The molecular formula is C10H5BrN2O5. The number of nitrogens with one attached hydrogen (secondary N) is 1. The Balaban J connectivity index is 2.60. The molecular weight excluding hydrogens is 308 g/mol. The Kier molecular flexibility index (Phi) is 2.87. The Hall–Kier alpha value is -2.22. The van der Waals surface area contributed by atoms with E-state index < -0.39 is 28.2 Å². The molecule has 18 heavy (non-hydrogen) atoms. The topological polar surface area (TPSA) is 110 Å². The molecule has 1 aromatic carbocycles. The number of imide groups is 1. The first-order chi connectivity index (χ1) is 8.41. The highest BCUT2D eigenvalue weighted by Crippen LogP contribution is 2.33. The Morgan fingerprint density at radius 1 is 1.28 bits per heavy atom. The zero-order valence-electron chi connectivity index (χ0n) is 8.64. The smallest absolute Gasteiger partial charge is 0.311 e. The average molecular weight is 313 g/mol. The molecule has 0 aliphatic carbocycles. The van der Waals surface area contributed by atoms with Gasteiger partial charge in [0.15, 0.2) is 5.75 Å². The molecule has 92 valence electrons. The number of aromatic hydroxyl groups is 1. The number of phenols is 1. The maximum Gasteiger partial charge on any atom is 0.311 e. The van der Waals surface area contributed by atoms with Gasteiger partial charge < -0.3 is 5.11 Å². The zero-order valence-corrected chi connectivity index (χ0v) is 10.2. The van der Waals surface area contributed by atoms with Crippen LogP contribution >= 0.6 is 15.9 Å². The summed E-state index contributed by atoms with van der Waals surface area (Å²) in [6, 6.07) is 3.44. The highest BCUT2D eigenvalue weighted by Gasteiger charge is 2.30.